The number of thiophene rings is 1. The lowest BCUT2D eigenvalue weighted by Crippen LogP contribution is -2.35. The highest BCUT2D eigenvalue weighted by Gasteiger charge is 2.26. The van der Waals surface area contributed by atoms with Crippen molar-refractivity contribution in [3.05, 3.63) is 62.6 Å². The highest BCUT2D eigenvalue weighted by atomic mass is 32.2. The fourth-order valence-electron chi connectivity index (χ4n) is 3.27. The van der Waals surface area contributed by atoms with Crippen LogP contribution in [0.2, 0.25) is 0 Å². The Kier molecular flexibility index (Phi) is 5.22. The van der Waals surface area contributed by atoms with Gasteiger partial charge in [0.25, 0.3) is 5.91 Å². The molecule has 1 aromatic carbocycles. The Balaban J connectivity index is 1.59. The molecule has 5 nitrogen and oxygen atoms in total. The first-order valence-electron chi connectivity index (χ1n) is 8.72. The largest absolute Gasteiger partial charge is 0.493 e. The van der Waals surface area contributed by atoms with Crippen molar-refractivity contribution in [1.82, 2.24) is 4.90 Å². The molecule has 7 heteroatoms. The number of hydrogen-bond donors (Lipinski definition) is 0. The lowest BCUT2D eigenvalue weighted by atomic mass is 10.1. The molecule has 1 aliphatic rings. The number of thioether (sulfide) groups is 1. The van der Waals surface area contributed by atoms with Crippen molar-refractivity contribution in [3.63, 3.8) is 0 Å². The minimum Gasteiger partial charge on any atom is -0.493 e. The third-order valence-corrected chi connectivity index (χ3v) is 7.11. The van der Waals surface area contributed by atoms with Crippen LogP contribution in [0.1, 0.15) is 26.9 Å². The molecular formula is C20H19NO4S2. The molecule has 3 aromatic rings. The molecule has 1 amide bonds. The normalized spacial score (nSPS) is 17.7. The fraction of sp³-hybridized carbons (Fsp3) is 0.300. The predicted octanol–water partition coefficient (Wildman–Crippen LogP) is 4.18. The van der Waals surface area contributed by atoms with E-state index in [0.29, 0.717) is 35.1 Å². The minimum atomic E-state index is -0.622. The number of benzene rings is 1. The van der Waals surface area contributed by atoms with Gasteiger partial charge in [0.1, 0.15) is 5.56 Å². The maximum absolute atomic E-state index is 13.0. The van der Waals surface area contributed by atoms with Crippen LogP contribution in [0.3, 0.4) is 0 Å². The number of carbonyl (C=O) groups excluding carboxylic acids is 1. The van der Waals surface area contributed by atoms with Gasteiger partial charge in [0.15, 0.2) is 11.3 Å². The summed E-state index contributed by atoms with van der Waals surface area (Å²) in [6.07, 6.45) is 0.879. The zero-order chi connectivity index (χ0) is 18.8. The Morgan fingerprint density at radius 1 is 1.26 bits per heavy atom. The van der Waals surface area contributed by atoms with E-state index in [-0.39, 0.29) is 11.5 Å². The molecule has 3 heterocycles. The van der Waals surface area contributed by atoms with Crippen LogP contribution in [0, 0.1) is 0 Å². The van der Waals surface area contributed by atoms with E-state index in [0.717, 1.165) is 12.2 Å². The summed E-state index contributed by atoms with van der Waals surface area (Å²) in [5, 5.41) is 3.16. The third kappa shape index (κ3) is 3.61. The molecule has 0 saturated carbocycles. The number of carbonyl (C=O) groups is 1. The molecule has 0 radical (unpaired) electrons. The second-order valence-electron chi connectivity index (χ2n) is 6.28. The Bertz CT molecular complexity index is 1010. The molecular weight excluding hydrogens is 382 g/mol. The lowest BCUT2D eigenvalue weighted by molar-refractivity contribution is 0.0762. The van der Waals surface area contributed by atoms with Crippen molar-refractivity contribution >= 4 is 40.0 Å². The second kappa shape index (κ2) is 7.78. The minimum absolute atomic E-state index is 0.0790. The van der Waals surface area contributed by atoms with Gasteiger partial charge in [0.05, 0.1) is 7.11 Å². The highest BCUT2D eigenvalue weighted by molar-refractivity contribution is 7.99. The molecule has 2 aromatic heterocycles. The van der Waals surface area contributed by atoms with Gasteiger partial charge in [-0.2, -0.15) is 11.8 Å². The number of methoxy groups -OCH3 is 1. The maximum atomic E-state index is 13.0. The van der Waals surface area contributed by atoms with Crippen molar-refractivity contribution in [1.29, 1.82) is 0 Å². The van der Waals surface area contributed by atoms with Crippen LogP contribution >= 0.6 is 23.1 Å². The summed E-state index contributed by atoms with van der Waals surface area (Å²) in [6.45, 7) is 1.25. The molecule has 1 fully saturated rings. The van der Waals surface area contributed by atoms with E-state index in [2.05, 4.69) is 17.5 Å². The van der Waals surface area contributed by atoms with Crippen molar-refractivity contribution in [2.45, 2.75) is 11.7 Å². The highest BCUT2D eigenvalue weighted by Crippen LogP contribution is 2.37. The Morgan fingerprint density at radius 2 is 2.15 bits per heavy atom. The van der Waals surface area contributed by atoms with E-state index in [4.69, 9.17) is 9.15 Å². The predicted molar refractivity (Wildman–Crippen MR) is 109 cm³/mol. The summed E-state index contributed by atoms with van der Waals surface area (Å²) in [5.74, 6) is 1.07. The number of rotatable bonds is 3. The molecule has 4 rings (SSSR count). The molecule has 1 atom stereocenters. The van der Waals surface area contributed by atoms with Crippen LogP contribution < -0.4 is 10.4 Å². The molecule has 0 bridgehead atoms. The smallest absolute Gasteiger partial charge is 0.349 e. The van der Waals surface area contributed by atoms with Crippen LogP contribution in [0.15, 0.2) is 51.0 Å². The number of amides is 1. The molecule has 0 N–H and O–H groups in total. The first-order valence-corrected chi connectivity index (χ1v) is 10.7. The van der Waals surface area contributed by atoms with E-state index < -0.39 is 5.63 Å². The summed E-state index contributed by atoms with van der Waals surface area (Å²) >= 11 is 3.62. The van der Waals surface area contributed by atoms with Crippen molar-refractivity contribution < 1.29 is 13.9 Å². The first-order chi connectivity index (χ1) is 13.2. The topological polar surface area (TPSA) is 59.8 Å². The quantitative estimate of drug-likeness (QED) is 0.616. The first kappa shape index (κ1) is 18.1. The van der Waals surface area contributed by atoms with Crippen LogP contribution in [0.25, 0.3) is 11.0 Å². The van der Waals surface area contributed by atoms with Gasteiger partial charge in [-0.05, 0) is 30.0 Å². The number of ether oxygens (including phenoxy) is 1. The average Bonchev–Trinajstić information content (AvgIpc) is 3.11. The number of nitrogens with zero attached hydrogens (tertiary/aromatic N) is 1. The molecule has 140 valence electrons. The van der Waals surface area contributed by atoms with Crippen molar-refractivity contribution in [2.75, 3.05) is 26.0 Å². The molecule has 1 aliphatic heterocycles. The lowest BCUT2D eigenvalue weighted by Gasteiger charge is -2.19. The van der Waals surface area contributed by atoms with Gasteiger partial charge in [-0.3, -0.25) is 4.79 Å². The molecule has 1 unspecified atom stereocenters. The molecule has 0 aliphatic carbocycles. The maximum Gasteiger partial charge on any atom is 0.349 e. The summed E-state index contributed by atoms with van der Waals surface area (Å²) in [5.41, 5.74) is -0.176. The van der Waals surface area contributed by atoms with Gasteiger partial charge in [-0.15, -0.1) is 11.3 Å². The number of hydrogen-bond acceptors (Lipinski definition) is 6. The number of para-hydroxylation sites is 1. The van der Waals surface area contributed by atoms with Crippen LogP contribution in [-0.4, -0.2) is 36.8 Å². The average molecular weight is 402 g/mol. The Morgan fingerprint density at radius 3 is 2.93 bits per heavy atom. The van der Waals surface area contributed by atoms with Crippen molar-refractivity contribution in [3.8, 4) is 5.75 Å². The standard InChI is InChI=1S/C20H19NO4S2/c1-24-15-5-2-4-13-12-14(20(23)25-18(13)15)19(22)21-8-7-17(27-11-9-21)16-6-3-10-26-16/h2-6,10,12,17H,7-9,11H2,1H3. The summed E-state index contributed by atoms with van der Waals surface area (Å²) in [7, 11) is 1.52. The van der Waals surface area contributed by atoms with E-state index in [1.807, 2.05) is 23.9 Å². The molecule has 27 heavy (non-hydrogen) atoms. The van der Waals surface area contributed by atoms with Gasteiger partial charge < -0.3 is 14.1 Å². The van der Waals surface area contributed by atoms with Gasteiger partial charge in [0.2, 0.25) is 0 Å². The Labute approximate surface area is 164 Å². The van der Waals surface area contributed by atoms with E-state index >= 15 is 0 Å². The molecule has 0 spiro atoms. The monoisotopic (exact) mass is 401 g/mol. The number of fused-ring (bicyclic) bond motifs is 1. The van der Waals surface area contributed by atoms with E-state index in [1.54, 1.807) is 28.4 Å². The Hall–Kier alpha value is -2.25. The van der Waals surface area contributed by atoms with Crippen LogP contribution in [0.4, 0.5) is 0 Å². The van der Waals surface area contributed by atoms with Gasteiger partial charge >= 0.3 is 5.63 Å². The fourth-order valence-corrected chi connectivity index (χ4v) is 5.51. The molecule has 1 saturated heterocycles. The summed E-state index contributed by atoms with van der Waals surface area (Å²) in [6, 6.07) is 11.2. The van der Waals surface area contributed by atoms with E-state index in [9.17, 15) is 9.59 Å². The van der Waals surface area contributed by atoms with Crippen LogP contribution in [-0.2, 0) is 0 Å². The van der Waals surface area contributed by atoms with E-state index in [1.165, 1.54) is 12.0 Å². The van der Waals surface area contributed by atoms with Gasteiger partial charge in [0, 0.05) is 34.4 Å². The third-order valence-electron chi connectivity index (χ3n) is 4.66. The summed E-state index contributed by atoms with van der Waals surface area (Å²) in [4.78, 5) is 28.5. The SMILES string of the molecule is COc1cccc2cc(C(=O)N3CCSC(c4cccs4)CC3)c(=O)oc12. The van der Waals surface area contributed by atoms with Gasteiger partial charge in [-0.1, -0.05) is 18.2 Å². The summed E-state index contributed by atoms with van der Waals surface area (Å²) < 4.78 is 10.6. The van der Waals surface area contributed by atoms with Crippen molar-refractivity contribution in [2.24, 2.45) is 0 Å². The van der Waals surface area contributed by atoms with Crippen LogP contribution in [0.5, 0.6) is 5.75 Å². The zero-order valence-electron chi connectivity index (χ0n) is 14.8. The zero-order valence-corrected chi connectivity index (χ0v) is 16.5. The van der Waals surface area contributed by atoms with Gasteiger partial charge in [-0.25, -0.2) is 4.79 Å². The second-order valence-corrected chi connectivity index (χ2v) is 8.57.